The number of nitrogens with zero attached hydrogens (tertiary/aromatic N) is 6. The smallest absolute Gasteiger partial charge is 0.229 e. The van der Waals surface area contributed by atoms with Crippen molar-refractivity contribution in [3.63, 3.8) is 0 Å². The van der Waals surface area contributed by atoms with E-state index in [1.807, 2.05) is 30.3 Å². The van der Waals surface area contributed by atoms with Crippen molar-refractivity contribution in [3.05, 3.63) is 59.2 Å². The normalized spacial score (nSPS) is 18.3. The summed E-state index contributed by atoms with van der Waals surface area (Å²) < 4.78 is 5.69. The Kier molecular flexibility index (Phi) is 4.75. The predicted molar refractivity (Wildman–Crippen MR) is 120 cm³/mol. The van der Waals surface area contributed by atoms with Gasteiger partial charge in [0.25, 0.3) is 0 Å². The van der Waals surface area contributed by atoms with E-state index in [1.54, 1.807) is 12.3 Å². The quantitative estimate of drug-likeness (QED) is 0.402. The number of anilines is 3. The highest BCUT2D eigenvalue weighted by molar-refractivity contribution is 6.29. The molecule has 1 saturated heterocycles. The first kappa shape index (κ1) is 19.2. The molecule has 4 aromatic heterocycles. The van der Waals surface area contributed by atoms with Gasteiger partial charge in [-0.15, -0.1) is 0 Å². The minimum absolute atomic E-state index is 0.0156. The van der Waals surface area contributed by atoms with Gasteiger partial charge in [-0.1, -0.05) is 22.8 Å². The van der Waals surface area contributed by atoms with Crippen molar-refractivity contribution < 1.29 is 4.52 Å². The average molecular weight is 449 g/mol. The summed E-state index contributed by atoms with van der Waals surface area (Å²) in [6, 6.07) is 11.4. The summed E-state index contributed by atoms with van der Waals surface area (Å²) in [5.74, 6) is 3.25. The zero-order chi connectivity index (χ0) is 21.5. The van der Waals surface area contributed by atoms with E-state index in [4.69, 9.17) is 21.1 Å². The minimum Gasteiger partial charge on any atom is -0.358 e. The molecule has 0 amide bonds. The average Bonchev–Trinajstić information content (AvgIpc) is 3.20. The van der Waals surface area contributed by atoms with Gasteiger partial charge in [0.1, 0.15) is 16.7 Å². The Morgan fingerprint density at radius 3 is 2.84 bits per heavy atom. The monoisotopic (exact) mass is 448 g/mol. The van der Waals surface area contributed by atoms with Crippen molar-refractivity contribution in [1.82, 2.24) is 30.3 Å². The third-order valence-electron chi connectivity index (χ3n) is 5.85. The zero-order valence-corrected chi connectivity index (χ0v) is 18.0. The molecule has 2 fully saturated rings. The third-order valence-corrected chi connectivity index (χ3v) is 6.04. The number of hydrogen-bond acceptors (Lipinski definition) is 8. The largest absolute Gasteiger partial charge is 0.358 e. The third kappa shape index (κ3) is 3.80. The molecule has 2 aliphatic rings. The molecule has 162 valence electrons. The first-order valence-electron chi connectivity index (χ1n) is 10.7. The van der Waals surface area contributed by atoms with Crippen LogP contribution in [0.4, 0.5) is 17.6 Å². The minimum atomic E-state index is -0.0156. The van der Waals surface area contributed by atoms with Gasteiger partial charge in [0.15, 0.2) is 11.6 Å². The topological polar surface area (TPSA) is 109 Å². The van der Waals surface area contributed by atoms with Gasteiger partial charge < -0.3 is 14.7 Å². The lowest BCUT2D eigenvalue weighted by atomic mass is 10.1. The predicted octanol–water partition coefficient (Wildman–Crippen LogP) is 4.87. The van der Waals surface area contributed by atoms with Gasteiger partial charge in [-0.2, -0.15) is 10.1 Å². The van der Waals surface area contributed by atoms with Crippen molar-refractivity contribution >= 4 is 29.2 Å². The van der Waals surface area contributed by atoms with E-state index in [0.29, 0.717) is 28.5 Å². The van der Waals surface area contributed by atoms with Crippen LogP contribution in [0.25, 0.3) is 11.4 Å². The molecular weight excluding hydrogens is 428 g/mol. The van der Waals surface area contributed by atoms with Crippen molar-refractivity contribution in [2.45, 2.75) is 37.6 Å². The standard InChI is InChI=1S/C22H21ClN8O/c23-19-12-20(26-21-11-15(28-29-21)13-6-7-13)27-22(25-19)31-9-3-5-17(31)18-10-16(30-32-18)14-4-1-2-8-24-14/h1-2,4,8,10-13,17H,3,5-7,9H2,(H2,25,26,27,28,29). The van der Waals surface area contributed by atoms with Crippen LogP contribution in [-0.2, 0) is 0 Å². The summed E-state index contributed by atoms with van der Waals surface area (Å²) in [6.45, 7) is 0.804. The van der Waals surface area contributed by atoms with E-state index in [0.717, 1.165) is 42.4 Å². The number of aromatic amines is 1. The van der Waals surface area contributed by atoms with E-state index in [1.165, 1.54) is 12.8 Å². The van der Waals surface area contributed by atoms with Crippen LogP contribution in [0.15, 0.2) is 47.1 Å². The molecule has 0 aromatic carbocycles. The fraction of sp³-hybridized carbons (Fsp3) is 0.318. The molecule has 1 saturated carbocycles. The summed E-state index contributed by atoms with van der Waals surface area (Å²) in [4.78, 5) is 15.7. The first-order valence-corrected chi connectivity index (χ1v) is 11.1. The summed E-state index contributed by atoms with van der Waals surface area (Å²) in [7, 11) is 0. The number of halogens is 1. The van der Waals surface area contributed by atoms with E-state index < -0.39 is 0 Å². The highest BCUT2D eigenvalue weighted by Crippen LogP contribution is 2.40. The van der Waals surface area contributed by atoms with Gasteiger partial charge in [-0.25, -0.2) is 4.98 Å². The van der Waals surface area contributed by atoms with Crippen LogP contribution in [-0.4, -0.2) is 36.9 Å². The lowest BCUT2D eigenvalue weighted by Gasteiger charge is -2.23. The number of aromatic nitrogens is 6. The van der Waals surface area contributed by atoms with Gasteiger partial charge in [0.2, 0.25) is 5.95 Å². The Bertz CT molecular complexity index is 1240. The highest BCUT2D eigenvalue weighted by atomic mass is 35.5. The molecule has 10 heteroatoms. The Labute approximate surface area is 189 Å². The number of pyridine rings is 1. The molecule has 1 aliphatic heterocycles. The number of hydrogen-bond donors (Lipinski definition) is 2. The van der Waals surface area contributed by atoms with Crippen molar-refractivity contribution in [2.24, 2.45) is 0 Å². The molecule has 2 N–H and O–H groups in total. The maximum absolute atomic E-state index is 6.35. The summed E-state index contributed by atoms with van der Waals surface area (Å²) >= 11 is 6.35. The Hall–Kier alpha value is -3.46. The lowest BCUT2D eigenvalue weighted by Crippen LogP contribution is -2.24. The van der Waals surface area contributed by atoms with Crippen LogP contribution in [0.1, 0.15) is 49.1 Å². The first-order chi connectivity index (χ1) is 15.7. The van der Waals surface area contributed by atoms with Gasteiger partial charge >= 0.3 is 0 Å². The molecule has 32 heavy (non-hydrogen) atoms. The fourth-order valence-electron chi connectivity index (χ4n) is 4.12. The molecule has 0 bridgehead atoms. The van der Waals surface area contributed by atoms with Crippen molar-refractivity contribution in [1.29, 1.82) is 0 Å². The van der Waals surface area contributed by atoms with E-state index in [2.05, 4.69) is 35.5 Å². The summed E-state index contributed by atoms with van der Waals surface area (Å²) in [6.07, 6.45) is 6.08. The highest BCUT2D eigenvalue weighted by Gasteiger charge is 2.32. The van der Waals surface area contributed by atoms with Crippen LogP contribution < -0.4 is 10.2 Å². The van der Waals surface area contributed by atoms with Crippen molar-refractivity contribution in [3.8, 4) is 11.4 Å². The second kappa shape index (κ2) is 7.90. The molecule has 6 rings (SSSR count). The number of nitrogens with one attached hydrogen (secondary N) is 2. The molecule has 4 aromatic rings. The lowest BCUT2D eigenvalue weighted by molar-refractivity contribution is 0.362. The Balaban J connectivity index is 1.25. The maximum atomic E-state index is 6.35. The molecule has 1 aliphatic carbocycles. The second-order valence-electron chi connectivity index (χ2n) is 8.16. The SMILES string of the molecule is Clc1cc(Nc2cc(C3CC3)[nH]n2)nc(N2CCCC2c2cc(-c3ccccn3)no2)n1. The Morgan fingerprint density at radius 2 is 2.00 bits per heavy atom. The van der Waals surface area contributed by atoms with Gasteiger partial charge in [0.05, 0.1) is 11.7 Å². The van der Waals surface area contributed by atoms with Crippen LogP contribution in [0.2, 0.25) is 5.15 Å². The molecule has 0 spiro atoms. The summed E-state index contributed by atoms with van der Waals surface area (Å²) in [5.41, 5.74) is 2.65. The zero-order valence-electron chi connectivity index (χ0n) is 17.2. The van der Waals surface area contributed by atoms with Crippen LogP contribution in [0.3, 0.4) is 0 Å². The van der Waals surface area contributed by atoms with E-state index in [-0.39, 0.29) is 6.04 Å². The van der Waals surface area contributed by atoms with E-state index >= 15 is 0 Å². The Morgan fingerprint density at radius 1 is 1.06 bits per heavy atom. The molecular formula is C22H21ClN8O. The van der Waals surface area contributed by atoms with Crippen LogP contribution >= 0.6 is 11.6 Å². The fourth-order valence-corrected chi connectivity index (χ4v) is 4.30. The second-order valence-corrected chi connectivity index (χ2v) is 8.55. The van der Waals surface area contributed by atoms with Gasteiger partial charge in [-0.05, 0) is 37.8 Å². The molecule has 1 atom stereocenters. The maximum Gasteiger partial charge on any atom is 0.229 e. The van der Waals surface area contributed by atoms with E-state index in [9.17, 15) is 0 Å². The summed E-state index contributed by atoms with van der Waals surface area (Å²) in [5, 5.41) is 15.3. The number of H-pyrrole nitrogens is 1. The molecule has 9 nitrogen and oxygen atoms in total. The molecule has 5 heterocycles. The number of rotatable bonds is 6. The van der Waals surface area contributed by atoms with Crippen molar-refractivity contribution in [2.75, 3.05) is 16.8 Å². The van der Waals surface area contributed by atoms with Gasteiger partial charge in [-0.3, -0.25) is 10.1 Å². The molecule has 0 radical (unpaired) electrons. The van der Waals surface area contributed by atoms with Crippen LogP contribution in [0, 0.1) is 0 Å². The van der Waals surface area contributed by atoms with Gasteiger partial charge in [0, 0.05) is 42.6 Å². The van der Waals surface area contributed by atoms with Crippen LogP contribution in [0.5, 0.6) is 0 Å². The molecule has 1 unspecified atom stereocenters.